The van der Waals surface area contributed by atoms with Gasteiger partial charge in [-0.1, -0.05) is 48.0 Å². The second-order valence-electron chi connectivity index (χ2n) is 6.88. The van der Waals surface area contributed by atoms with Crippen molar-refractivity contribution in [1.29, 1.82) is 0 Å². The van der Waals surface area contributed by atoms with Gasteiger partial charge in [-0.25, -0.2) is 9.37 Å². The molecule has 28 heavy (non-hydrogen) atoms. The standard InChI is InChI=1S/C21H21ClFN3OS/c1-21(2,16-9-8-15(23)12-17(16)22)25-13-18(27)26-19(20-24-10-11-28-20)14-6-4-3-5-7-14/h3-12,19,25H,13H2,1-2H3,(H,26,27). The van der Waals surface area contributed by atoms with Crippen LogP contribution in [-0.2, 0) is 10.3 Å². The van der Waals surface area contributed by atoms with E-state index in [9.17, 15) is 9.18 Å². The molecule has 0 saturated carbocycles. The molecule has 0 aliphatic rings. The van der Waals surface area contributed by atoms with Crippen molar-refractivity contribution in [2.24, 2.45) is 0 Å². The molecule has 4 nitrogen and oxygen atoms in total. The Hall–Kier alpha value is -2.28. The van der Waals surface area contributed by atoms with Crippen molar-refractivity contribution in [3.63, 3.8) is 0 Å². The van der Waals surface area contributed by atoms with Gasteiger partial charge < -0.3 is 5.32 Å². The third kappa shape index (κ3) is 4.95. The number of benzene rings is 2. The lowest BCUT2D eigenvalue weighted by molar-refractivity contribution is -0.121. The molecule has 2 aromatic carbocycles. The van der Waals surface area contributed by atoms with Crippen molar-refractivity contribution in [2.75, 3.05) is 6.54 Å². The SMILES string of the molecule is CC(C)(NCC(=O)NC(c1ccccc1)c1nccs1)c1ccc(F)cc1Cl. The Bertz CT molecular complexity index is 932. The smallest absolute Gasteiger partial charge is 0.234 e. The maximum Gasteiger partial charge on any atom is 0.234 e. The zero-order chi connectivity index (χ0) is 20.1. The number of hydrogen-bond donors (Lipinski definition) is 2. The Morgan fingerprint density at radius 1 is 1.25 bits per heavy atom. The van der Waals surface area contributed by atoms with Gasteiger partial charge in [0.1, 0.15) is 16.9 Å². The van der Waals surface area contributed by atoms with E-state index in [2.05, 4.69) is 15.6 Å². The summed E-state index contributed by atoms with van der Waals surface area (Å²) in [7, 11) is 0. The van der Waals surface area contributed by atoms with Crippen molar-refractivity contribution in [3.05, 3.63) is 87.1 Å². The predicted molar refractivity (Wildman–Crippen MR) is 111 cm³/mol. The third-order valence-corrected chi connectivity index (χ3v) is 5.59. The van der Waals surface area contributed by atoms with E-state index < -0.39 is 11.4 Å². The fourth-order valence-corrected chi connectivity index (χ4v) is 4.03. The summed E-state index contributed by atoms with van der Waals surface area (Å²) in [4.78, 5) is 17.0. The lowest BCUT2D eigenvalue weighted by Gasteiger charge is -2.28. The molecule has 1 aromatic heterocycles. The number of aromatic nitrogens is 1. The van der Waals surface area contributed by atoms with Crippen LogP contribution in [0.2, 0.25) is 5.02 Å². The minimum absolute atomic E-state index is 0.0788. The van der Waals surface area contributed by atoms with E-state index >= 15 is 0 Å². The van der Waals surface area contributed by atoms with Crippen LogP contribution in [0.15, 0.2) is 60.1 Å². The van der Waals surface area contributed by atoms with Crippen molar-refractivity contribution in [2.45, 2.75) is 25.4 Å². The van der Waals surface area contributed by atoms with E-state index in [1.165, 1.54) is 23.5 Å². The van der Waals surface area contributed by atoms with E-state index in [4.69, 9.17) is 11.6 Å². The van der Waals surface area contributed by atoms with Crippen LogP contribution in [0.25, 0.3) is 0 Å². The molecule has 0 bridgehead atoms. The van der Waals surface area contributed by atoms with Crippen molar-refractivity contribution >= 4 is 28.8 Å². The summed E-state index contributed by atoms with van der Waals surface area (Å²) in [5.41, 5.74) is 1.08. The van der Waals surface area contributed by atoms with E-state index in [0.717, 1.165) is 16.1 Å². The zero-order valence-electron chi connectivity index (χ0n) is 15.6. The van der Waals surface area contributed by atoms with Gasteiger partial charge in [0.15, 0.2) is 0 Å². The zero-order valence-corrected chi connectivity index (χ0v) is 17.2. The first-order chi connectivity index (χ1) is 13.4. The number of thiazole rings is 1. The first-order valence-corrected chi connectivity index (χ1v) is 10.1. The molecule has 1 amide bonds. The van der Waals surface area contributed by atoms with Gasteiger partial charge in [-0.2, -0.15) is 0 Å². The molecule has 1 heterocycles. The second-order valence-corrected chi connectivity index (χ2v) is 8.22. The summed E-state index contributed by atoms with van der Waals surface area (Å²) in [5.74, 6) is -0.563. The number of rotatable bonds is 7. The number of hydrogen-bond acceptors (Lipinski definition) is 4. The Balaban J connectivity index is 1.69. The average Bonchev–Trinajstić information content (AvgIpc) is 3.19. The van der Waals surface area contributed by atoms with Crippen LogP contribution in [0.4, 0.5) is 4.39 Å². The molecule has 3 aromatic rings. The molecule has 7 heteroatoms. The van der Waals surface area contributed by atoms with E-state index in [0.29, 0.717) is 5.02 Å². The summed E-state index contributed by atoms with van der Waals surface area (Å²) in [6, 6.07) is 13.7. The molecule has 0 radical (unpaired) electrons. The molecule has 2 N–H and O–H groups in total. The summed E-state index contributed by atoms with van der Waals surface area (Å²) in [5, 5.41) is 9.26. The van der Waals surface area contributed by atoms with Crippen LogP contribution in [-0.4, -0.2) is 17.4 Å². The van der Waals surface area contributed by atoms with Gasteiger partial charge in [0, 0.05) is 22.1 Å². The molecule has 146 valence electrons. The lowest BCUT2D eigenvalue weighted by Crippen LogP contribution is -2.44. The van der Waals surface area contributed by atoms with Crippen molar-refractivity contribution in [3.8, 4) is 0 Å². The Morgan fingerprint density at radius 2 is 2.00 bits per heavy atom. The summed E-state index contributed by atoms with van der Waals surface area (Å²) in [6.07, 6.45) is 1.72. The topological polar surface area (TPSA) is 54.0 Å². The molecule has 0 saturated heterocycles. The number of nitrogens with one attached hydrogen (secondary N) is 2. The largest absolute Gasteiger partial charge is 0.342 e. The van der Waals surface area contributed by atoms with E-state index in [1.807, 2.05) is 49.6 Å². The van der Waals surface area contributed by atoms with Crippen LogP contribution in [0.5, 0.6) is 0 Å². The number of carbonyl (C=O) groups is 1. The van der Waals surface area contributed by atoms with Gasteiger partial charge in [0.25, 0.3) is 0 Å². The molecular formula is C21H21ClFN3OS. The number of carbonyl (C=O) groups excluding carboxylic acids is 1. The van der Waals surface area contributed by atoms with Gasteiger partial charge in [-0.15, -0.1) is 11.3 Å². The van der Waals surface area contributed by atoms with Crippen LogP contribution < -0.4 is 10.6 Å². The summed E-state index contributed by atoms with van der Waals surface area (Å²) in [6.45, 7) is 3.87. The van der Waals surface area contributed by atoms with Gasteiger partial charge in [0.05, 0.1) is 6.54 Å². The highest BCUT2D eigenvalue weighted by Gasteiger charge is 2.25. The first kappa shape index (κ1) is 20.5. The molecule has 3 rings (SSSR count). The fourth-order valence-electron chi connectivity index (χ4n) is 2.92. The van der Waals surface area contributed by atoms with Crippen LogP contribution >= 0.6 is 22.9 Å². The van der Waals surface area contributed by atoms with Crippen molar-refractivity contribution in [1.82, 2.24) is 15.6 Å². The highest BCUT2D eigenvalue weighted by Crippen LogP contribution is 2.28. The number of nitrogens with zero attached hydrogens (tertiary/aromatic N) is 1. The highest BCUT2D eigenvalue weighted by atomic mass is 35.5. The highest BCUT2D eigenvalue weighted by molar-refractivity contribution is 7.09. The Morgan fingerprint density at radius 3 is 2.64 bits per heavy atom. The average molecular weight is 418 g/mol. The fraction of sp³-hybridized carbons (Fsp3) is 0.238. The van der Waals surface area contributed by atoms with Crippen LogP contribution in [0, 0.1) is 5.82 Å². The first-order valence-electron chi connectivity index (χ1n) is 8.81. The second kappa shape index (κ2) is 8.82. The van der Waals surface area contributed by atoms with Gasteiger partial charge in [0.2, 0.25) is 5.91 Å². The Labute approximate surface area is 172 Å². The quantitative estimate of drug-likeness (QED) is 0.587. The molecular weight excluding hydrogens is 397 g/mol. The predicted octanol–water partition coefficient (Wildman–Crippen LogP) is 4.67. The molecule has 0 aliphatic carbocycles. The van der Waals surface area contributed by atoms with Crippen LogP contribution in [0.3, 0.4) is 0 Å². The molecule has 1 atom stereocenters. The van der Waals surface area contributed by atoms with E-state index in [1.54, 1.807) is 12.3 Å². The molecule has 0 spiro atoms. The van der Waals surface area contributed by atoms with Crippen LogP contribution in [0.1, 0.15) is 36.0 Å². The van der Waals surface area contributed by atoms with Gasteiger partial charge in [-0.05, 0) is 37.1 Å². The molecule has 0 fully saturated rings. The normalized spacial score (nSPS) is 12.6. The monoisotopic (exact) mass is 417 g/mol. The summed E-state index contributed by atoms with van der Waals surface area (Å²) >= 11 is 7.67. The third-order valence-electron chi connectivity index (χ3n) is 4.43. The van der Waals surface area contributed by atoms with Crippen molar-refractivity contribution < 1.29 is 9.18 Å². The summed E-state index contributed by atoms with van der Waals surface area (Å²) < 4.78 is 13.3. The lowest BCUT2D eigenvalue weighted by atomic mass is 9.94. The maximum atomic E-state index is 13.3. The van der Waals surface area contributed by atoms with Gasteiger partial charge in [-0.3, -0.25) is 10.1 Å². The molecule has 0 aliphatic heterocycles. The Kier molecular flexibility index (Phi) is 6.44. The minimum atomic E-state index is -0.606. The maximum absolute atomic E-state index is 13.3. The molecule has 1 unspecified atom stereocenters. The van der Waals surface area contributed by atoms with Gasteiger partial charge >= 0.3 is 0 Å². The van der Waals surface area contributed by atoms with E-state index in [-0.39, 0.29) is 18.5 Å². The minimum Gasteiger partial charge on any atom is -0.342 e. The number of amides is 1. The number of halogens is 2.